The monoisotopic (exact) mass is 287 g/mol. The molecule has 6 heteroatoms. The molecular weight excluding hydrogens is 269 g/mol. The first-order valence-corrected chi connectivity index (χ1v) is 6.88. The second-order valence-electron chi connectivity index (χ2n) is 4.16. The maximum Gasteiger partial charge on any atom is 0.306 e. The van der Waals surface area contributed by atoms with Gasteiger partial charge in [-0.1, -0.05) is 0 Å². The summed E-state index contributed by atoms with van der Waals surface area (Å²) in [6.07, 6.45) is 0.157. The average molecular weight is 287 g/mol. The second kappa shape index (κ2) is 7.23. The molecule has 1 rings (SSSR count). The fourth-order valence-corrected chi connectivity index (χ4v) is 2.27. The molecule has 19 heavy (non-hydrogen) atoms. The van der Waals surface area contributed by atoms with E-state index in [2.05, 4.69) is 4.74 Å². The Bertz CT molecular complexity index is 452. The Morgan fingerprint density at radius 3 is 2.74 bits per heavy atom. The number of ether oxygens (including phenoxy) is 2. The molecule has 1 aromatic carbocycles. The van der Waals surface area contributed by atoms with Gasteiger partial charge in [0, 0.05) is 22.4 Å². The summed E-state index contributed by atoms with van der Waals surface area (Å²) in [5.74, 6) is -0.0796. The van der Waals surface area contributed by atoms with E-state index in [0.29, 0.717) is 16.3 Å². The van der Waals surface area contributed by atoms with E-state index in [1.165, 1.54) is 24.9 Å². The Kier molecular flexibility index (Phi) is 5.95. The van der Waals surface area contributed by atoms with Gasteiger partial charge in [0.05, 0.1) is 19.6 Å². The Hall–Kier alpha value is -1.43. The van der Waals surface area contributed by atoms with Crippen LogP contribution in [0.3, 0.4) is 0 Å². The van der Waals surface area contributed by atoms with Crippen LogP contribution in [0.1, 0.15) is 20.3 Å². The summed E-state index contributed by atoms with van der Waals surface area (Å²) in [5.41, 5.74) is 6.07. The predicted molar refractivity (Wildman–Crippen MR) is 73.9 cm³/mol. The summed E-state index contributed by atoms with van der Waals surface area (Å²) in [6, 6.07) is 2.80. The zero-order chi connectivity index (χ0) is 14.4. The average Bonchev–Trinajstić information content (AvgIpc) is 2.33. The number of halogens is 1. The molecule has 1 aromatic rings. The molecule has 0 unspecified atom stereocenters. The molecule has 2 N–H and O–H groups in total. The van der Waals surface area contributed by atoms with Crippen LogP contribution in [0, 0.1) is 5.82 Å². The first-order chi connectivity index (χ1) is 8.93. The largest absolute Gasteiger partial charge is 0.488 e. The first kappa shape index (κ1) is 15.6. The fourth-order valence-electron chi connectivity index (χ4n) is 1.37. The topological polar surface area (TPSA) is 61.5 Å². The SMILES string of the molecule is COC(=O)CCSc1cc(OC(C)C)c(F)cc1N. The number of nitrogen functional groups attached to an aromatic ring is 1. The smallest absolute Gasteiger partial charge is 0.306 e. The Balaban J connectivity index is 2.74. The Morgan fingerprint density at radius 1 is 1.47 bits per heavy atom. The van der Waals surface area contributed by atoms with E-state index in [4.69, 9.17) is 10.5 Å². The Labute approximate surface area is 116 Å². The molecule has 0 saturated carbocycles. The zero-order valence-corrected chi connectivity index (χ0v) is 12.1. The number of esters is 1. The lowest BCUT2D eigenvalue weighted by Crippen LogP contribution is -2.07. The van der Waals surface area contributed by atoms with Crippen molar-refractivity contribution in [3.8, 4) is 5.75 Å². The summed E-state index contributed by atoms with van der Waals surface area (Å²) < 4.78 is 23.5. The molecule has 0 aliphatic rings. The molecule has 0 spiro atoms. The molecule has 4 nitrogen and oxygen atoms in total. The van der Waals surface area contributed by atoms with Gasteiger partial charge in [-0.15, -0.1) is 11.8 Å². The minimum absolute atomic E-state index is 0.119. The maximum atomic E-state index is 13.6. The van der Waals surface area contributed by atoms with E-state index in [1.54, 1.807) is 6.07 Å². The minimum atomic E-state index is -0.483. The zero-order valence-electron chi connectivity index (χ0n) is 11.2. The van der Waals surface area contributed by atoms with E-state index in [0.717, 1.165) is 0 Å². The number of methoxy groups -OCH3 is 1. The highest BCUT2D eigenvalue weighted by molar-refractivity contribution is 7.99. The van der Waals surface area contributed by atoms with E-state index < -0.39 is 5.82 Å². The van der Waals surface area contributed by atoms with Crippen molar-refractivity contribution in [3.05, 3.63) is 17.9 Å². The van der Waals surface area contributed by atoms with E-state index in [-0.39, 0.29) is 24.2 Å². The quantitative estimate of drug-likeness (QED) is 0.495. The first-order valence-electron chi connectivity index (χ1n) is 5.89. The summed E-state index contributed by atoms with van der Waals surface area (Å²) in [6.45, 7) is 3.64. The van der Waals surface area contributed by atoms with Crippen molar-refractivity contribution in [1.29, 1.82) is 0 Å². The van der Waals surface area contributed by atoms with Crippen molar-refractivity contribution in [3.63, 3.8) is 0 Å². The van der Waals surface area contributed by atoms with Gasteiger partial charge in [0.1, 0.15) is 0 Å². The van der Waals surface area contributed by atoms with Crippen LogP contribution in [-0.2, 0) is 9.53 Å². The van der Waals surface area contributed by atoms with Crippen molar-refractivity contribution in [1.82, 2.24) is 0 Å². The van der Waals surface area contributed by atoms with E-state index in [1.807, 2.05) is 13.8 Å². The molecule has 0 amide bonds. The predicted octanol–water partition coefficient (Wildman–Crippen LogP) is 2.85. The van der Waals surface area contributed by atoms with Crippen LogP contribution in [0.4, 0.5) is 10.1 Å². The number of thioether (sulfide) groups is 1. The summed E-state index contributed by atoms with van der Waals surface area (Å²) in [5, 5.41) is 0. The van der Waals surface area contributed by atoms with Crippen molar-refractivity contribution < 1.29 is 18.7 Å². The number of hydrogen-bond donors (Lipinski definition) is 1. The molecule has 0 bridgehead atoms. The normalized spacial score (nSPS) is 10.6. The molecular formula is C13H18FNO3S. The van der Waals surface area contributed by atoms with Crippen LogP contribution < -0.4 is 10.5 Å². The molecule has 0 radical (unpaired) electrons. The van der Waals surface area contributed by atoms with Gasteiger partial charge in [0.15, 0.2) is 11.6 Å². The molecule has 0 saturated heterocycles. The highest BCUT2D eigenvalue weighted by atomic mass is 32.2. The summed E-state index contributed by atoms with van der Waals surface area (Å²) in [7, 11) is 1.34. The molecule has 0 aliphatic heterocycles. The molecule has 106 valence electrons. The van der Waals surface area contributed by atoms with Crippen LogP contribution >= 0.6 is 11.8 Å². The number of nitrogens with two attached hydrogens (primary N) is 1. The van der Waals surface area contributed by atoms with Gasteiger partial charge < -0.3 is 15.2 Å². The summed E-state index contributed by atoms with van der Waals surface area (Å²) >= 11 is 1.37. The number of carbonyl (C=O) groups excluding carboxylic acids is 1. The van der Waals surface area contributed by atoms with E-state index >= 15 is 0 Å². The van der Waals surface area contributed by atoms with Crippen molar-refractivity contribution in [2.24, 2.45) is 0 Å². The number of hydrogen-bond acceptors (Lipinski definition) is 5. The lowest BCUT2D eigenvalue weighted by atomic mass is 10.3. The minimum Gasteiger partial charge on any atom is -0.488 e. The second-order valence-corrected chi connectivity index (χ2v) is 5.30. The van der Waals surface area contributed by atoms with Crippen molar-refractivity contribution >= 4 is 23.4 Å². The fraction of sp³-hybridized carbons (Fsp3) is 0.462. The standard InChI is InChI=1S/C13H18FNO3S/c1-8(2)18-11-7-12(10(15)6-9(11)14)19-5-4-13(16)17-3/h6-8H,4-5,15H2,1-3H3. The van der Waals surface area contributed by atoms with Crippen molar-refractivity contribution in [2.45, 2.75) is 31.3 Å². The van der Waals surface area contributed by atoms with Crippen LogP contribution in [0.15, 0.2) is 17.0 Å². The van der Waals surface area contributed by atoms with Gasteiger partial charge in [-0.3, -0.25) is 4.79 Å². The van der Waals surface area contributed by atoms with Crippen molar-refractivity contribution in [2.75, 3.05) is 18.6 Å². The third-order valence-electron chi connectivity index (χ3n) is 2.22. The van der Waals surface area contributed by atoms with Crippen LogP contribution in [-0.4, -0.2) is 24.9 Å². The van der Waals surface area contributed by atoms with Gasteiger partial charge >= 0.3 is 5.97 Å². The van der Waals surface area contributed by atoms with Crippen LogP contribution in [0.5, 0.6) is 5.75 Å². The highest BCUT2D eigenvalue weighted by Gasteiger charge is 2.11. The maximum absolute atomic E-state index is 13.6. The molecule has 0 aromatic heterocycles. The van der Waals surface area contributed by atoms with Crippen LogP contribution in [0.2, 0.25) is 0 Å². The third-order valence-corrected chi connectivity index (χ3v) is 3.29. The van der Waals surface area contributed by atoms with Gasteiger partial charge in [-0.25, -0.2) is 4.39 Å². The van der Waals surface area contributed by atoms with Crippen LogP contribution in [0.25, 0.3) is 0 Å². The van der Waals surface area contributed by atoms with Gasteiger partial charge in [0.2, 0.25) is 0 Å². The van der Waals surface area contributed by atoms with Gasteiger partial charge in [-0.05, 0) is 19.9 Å². The van der Waals surface area contributed by atoms with Gasteiger partial charge in [0.25, 0.3) is 0 Å². The molecule has 0 aliphatic carbocycles. The number of benzene rings is 1. The van der Waals surface area contributed by atoms with Gasteiger partial charge in [-0.2, -0.15) is 0 Å². The number of rotatable bonds is 6. The third kappa shape index (κ3) is 4.98. The molecule has 0 heterocycles. The van der Waals surface area contributed by atoms with E-state index in [9.17, 15) is 9.18 Å². The lowest BCUT2D eigenvalue weighted by molar-refractivity contribution is -0.140. The summed E-state index contributed by atoms with van der Waals surface area (Å²) in [4.78, 5) is 11.7. The number of anilines is 1. The number of carbonyl (C=O) groups is 1. The molecule has 0 atom stereocenters. The Morgan fingerprint density at radius 2 is 2.16 bits per heavy atom. The highest BCUT2D eigenvalue weighted by Crippen LogP contribution is 2.32. The molecule has 0 fully saturated rings. The lowest BCUT2D eigenvalue weighted by Gasteiger charge is -2.13.